The molecule has 1 spiro atoms. The van der Waals surface area contributed by atoms with Crippen LogP contribution in [0.2, 0.25) is 0 Å². The summed E-state index contributed by atoms with van der Waals surface area (Å²) in [6, 6.07) is 0. The van der Waals surface area contributed by atoms with Gasteiger partial charge in [0.1, 0.15) is 5.82 Å². The Bertz CT molecular complexity index is 580. The average Bonchev–Trinajstić information content (AvgIpc) is 2.66. The molecule has 0 saturated carbocycles. The largest absolute Gasteiger partial charge is 0.466 e. The minimum atomic E-state index is -0.708. The molecule has 0 aromatic carbocycles. The number of anilines is 2. The van der Waals surface area contributed by atoms with Crippen molar-refractivity contribution in [3.05, 3.63) is 5.56 Å². The third kappa shape index (κ3) is 2.45. The van der Waals surface area contributed by atoms with Gasteiger partial charge in [-0.3, -0.25) is 4.79 Å². The van der Waals surface area contributed by atoms with E-state index in [0.717, 1.165) is 0 Å². The number of amides is 1. The van der Waals surface area contributed by atoms with E-state index in [1.54, 1.807) is 4.90 Å². The second-order valence-corrected chi connectivity index (χ2v) is 5.28. The van der Waals surface area contributed by atoms with Crippen molar-refractivity contribution in [2.45, 2.75) is 12.0 Å². The van der Waals surface area contributed by atoms with Crippen molar-refractivity contribution in [1.29, 1.82) is 0 Å². The average molecular weight is 294 g/mol. The molecule has 0 bridgehead atoms. The molecule has 3 rings (SSSR count). The van der Waals surface area contributed by atoms with Crippen LogP contribution in [0.25, 0.3) is 0 Å². The Morgan fingerprint density at radius 1 is 1.38 bits per heavy atom. The highest BCUT2D eigenvalue weighted by molar-refractivity contribution is 5.78. The summed E-state index contributed by atoms with van der Waals surface area (Å²) < 4.78 is 11.5. The molecule has 1 saturated heterocycles. The number of nitrogens with zero attached hydrogens (tertiary/aromatic N) is 3. The number of hydrogen-bond donors (Lipinski definition) is 3. The predicted molar refractivity (Wildman–Crippen MR) is 74.4 cm³/mol. The zero-order valence-electron chi connectivity index (χ0n) is 11.5. The summed E-state index contributed by atoms with van der Waals surface area (Å²) >= 11 is 0. The highest BCUT2D eigenvalue weighted by atomic mass is 16.6. The number of ether oxygens (including phenoxy) is 2. The molecule has 114 valence electrons. The number of fused-ring (bicyclic) bond motifs is 1. The molecule has 0 aliphatic carbocycles. The lowest BCUT2D eigenvalue weighted by atomic mass is 9.98. The fourth-order valence-corrected chi connectivity index (χ4v) is 2.73. The summed E-state index contributed by atoms with van der Waals surface area (Å²) in [5, 5.41) is 0. The molecule has 2 aliphatic heterocycles. The maximum atomic E-state index is 11.9. The summed E-state index contributed by atoms with van der Waals surface area (Å²) in [4.78, 5) is 21.5. The van der Waals surface area contributed by atoms with Gasteiger partial charge in [0.05, 0.1) is 31.9 Å². The first kappa shape index (κ1) is 13.8. The topological polar surface area (TPSA) is 143 Å². The van der Waals surface area contributed by atoms with E-state index in [-0.39, 0.29) is 18.4 Å². The molecule has 1 atom stereocenters. The van der Waals surface area contributed by atoms with Crippen LogP contribution in [0.4, 0.5) is 11.8 Å². The normalized spacial score (nSPS) is 24.5. The quantitative estimate of drug-likeness (QED) is 0.547. The van der Waals surface area contributed by atoms with Crippen LogP contribution in [0.15, 0.2) is 0 Å². The maximum absolute atomic E-state index is 11.9. The van der Waals surface area contributed by atoms with Crippen LogP contribution >= 0.6 is 0 Å². The Balaban J connectivity index is 1.88. The highest BCUT2D eigenvalue weighted by Crippen LogP contribution is 2.38. The first-order valence-corrected chi connectivity index (χ1v) is 6.69. The summed E-state index contributed by atoms with van der Waals surface area (Å²) in [5.41, 5.74) is 16.9. The number of carbonyl (C=O) groups excluding carboxylic acids is 1. The fraction of sp³-hybridized carbons (Fsp3) is 0.583. The Hall–Kier alpha value is -2.13. The molecule has 0 unspecified atom stereocenters. The van der Waals surface area contributed by atoms with Crippen LogP contribution in [-0.4, -0.2) is 59.2 Å². The van der Waals surface area contributed by atoms with Gasteiger partial charge in [-0.15, -0.1) is 0 Å². The summed E-state index contributed by atoms with van der Waals surface area (Å²) in [7, 11) is 0. The van der Waals surface area contributed by atoms with E-state index in [1.807, 2.05) is 0 Å². The van der Waals surface area contributed by atoms with Crippen LogP contribution in [-0.2, 0) is 16.0 Å². The Morgan fingerprint density at radius 2 is 2.19 bits per heavy atom. The molecule has 1 amide bonds. The second-order valence-electron chi connectivity index (χ2n) is 5.28. The van der Waals surface area contributed by atoms with Crippen molar-refractivity contribution >= 4 is 17.7 Å². The van der Waals surface area contributed by atoms with E-state index in [2.05, 4.69) is 9.97 Å². The van der Waals surface area contributed by atoms with Crippen molar-refractivity contribution in [2.75, 3.05) is 44.3 Å². The number of nitrogen functional groups attached to an aromatic ring is 2. The van der Waals surface area contributed by atoms with Crippen LogP contribution in [0, 0.1) is 0 Å². The van der Waals surface area contributed by atoms with E-state index in [0.29, 0.717) is 50.0 Å². The summed E-state index contributed by atoms with van der Waals surface area (Å²) in [5.74, 6) is 0.590. The van der Waals surface area contributed by atoms with E-state index < -0.39 is 5.60 Å². The van der Waals surface area contributed by atoms with Crippen LogP contribution in [0.5, 0.6) is 5.88 Å². The van der Waals surface area contributed by atoms with Crippen LogP contribution < -0.4 is 21.9 Å². The Morgan fingerprint density at radius 3 is 2.95 bits per heavy atom. The fourth-order valence-electron chi connectivity index (χ4n) is 2.73. The van der Waals surface area contributed by atoms with Crippen molar-refractivity contribution in [3.63, 3.8) is 0 Å². The lowest BCUT2D eigenvalue weighted by molar-refractivity contribution is -0.131. The third-order valence-corrected chi connectivity index (χ3v) is 3.71. The van der Waals surface area contributed by atoms with Crippen molar-refractivity contribution in [3.8, 4) is 5.88 Å². The van der Waals surface area contributed by atoms with Gasteiger partial charge in [0.25, 0.3) is 0 Å². The van der Waals surface area contributed by atoms with Gasteiger partial charge >= 0.3 is 0 Å². The molecule has 6 N–H and O–H groups in total. The molecule has 2 aliphatic rings. The van der Waals surface area contributed by atoms with Crippen LogP contribution in [0.1, 0.15) is 5.56 Å². The second kappa shape index (κ2) is 5.01. The number of carbonyl (C=O) groups is 1. The number of aromatic nitrogens is 2. The Kier molecular flexibility index (Phi) is 3.30. The first-order valence-electron chi connectivity index (χ1n) is 6.69. The standard InChI is InChI=1S/C12H18N6O3/c13-4-8(19)18-1-2-20-6-12(5-18)3-7-9(14)16-11(15)17-10(7)21-12/h1-6,13H2,(H4,14,15,16,17)/t12-/m1/s1. The maximum Gasteiger partial charge on any atom is 0.236 e. The molecule has 1 fully saturated rings. The Labute approximate surface area is 121 Å². The smallest absolute Gasteiger partial charge is 0.236 e. The van der Waals surface area contributed by atoms with Gasteiger partial charge in [0.15, 0.2) is 5.60 Å². The highest BCUT2D eigenvalue weighted by Gasteiger charge is 2.45. The lowest BCUT2D eigenvalue weighted by Gasteiger charge is -2.30. The van der Waals surface area contributed by atoms with Gasteiger partial charge < -0.3 is 31.6 Å². The molecule has 9 nitrogen and oxygen atoms in total. The van der Waals surface area contributed by atoms with Gasteiger partial charge in [-0.25, -0.2) is 0 Å². The van der Waals surface area contributed by atoms with Gasteiger partial charge in [-0.2, -0.15) is 9.97 Å². The number of hydrogen-bond acceptors (Lipinski definition) is 8. The van der Waals surface area contributed by atoms with Gasteiger partial charge in [-0.05, 0) is 0 Å². The van der Waals surface area contributed by atoms with Crippen molar-refractivity contribution in [1.82, 2.24) is 14.9 Å². The monoisotopic (exact) mass is 294 g/mol. The molecule has 21 heavy (non-hydrogen) atoms. The number of nitrogens with two attached hydrogens (primary N) is 3. The van der Waals surface area contributed by atoms with Gasteiger partial charge in [-0.1, -0.05) is 0 Å². The third-order valence-electron chi connectivity index (χ3n) is 3.71. The van der Waals surface area contributed by atoms with E-state index >= 15 is 0 Å². The molecule has 1 aromatic heterocycles. The molecule has 3 heterocycles. The number of rotatable bonds is 1. The molecular weight excluding hydrogens is 276 g/mol. The van der Waals surface area contributed by atoms with E-state index in [9.17, 15) is 4.79 Å². The molecular formula is C12H18N6O3. The van der Waals surface area contributed by atoms with Gasteiger partial charge in [0.2, 0.25) is 17.7 Å². The van der Waals surface area contributed by atoms with Crippen molar-refractivity contribution in [2.24, 2.45) is 5.73 Å². The predicted octanol–water partition coefficient (Wildman–Crippen LogP) is -1.87. The van der Waals surface area contributed by atoms with Crippen LogP contribution in [0.3, 0.4) is 0 Å². The zero-order chi connectivity index (χ0) is 15.0. The minimum Gasteiger partial charge on any atom is -0.466 e. The lowest BCUT2D eigenvalue weighted by Crippen LogP contribution is -2.51. The molecule has 1 aromatic rings. The first-order chi connectivity index (χ1) is 10.0. The molecule has 0 radical (unpaired) electrons. The zero-order valence-corrected chi connectivity index (χ0v) is 11.5. The molecule has 9 heteroatoms. The summed E-state index contributed by atoms with van der Waals surface area (Å²) in [6.07, 6.45) is 0.475. The van der Waals surface area contributed by atoms with E-state index in [1.165, 1.54) is 0 Å². The van der Waals surface area contributed by atoms with E-state index in [4.69, 9.17) is 26.7 Å². The minimum absolute atomic E-state index is 0.0437. The van der Waals surface area contributed by atoms with Gasteiger partial charge in [0, 0.05) is 13.0 Å². The van der Waals surface area contributed by atoms with Crippen molar-refractivity contribution < 1.29 is 14.3 Å². The SMILES string of the molecule is NCC(=O)N1CCOC[C@@]2(Cc3c(N)nc(N)nc3O2)C1. The summed E-state index contributed by atoms with van der Waals surface area (Å²) in [6.45, 7) is 1.60.